The van der Waals surface area contributed by atoms with Crippen molar-refractivity contribution >= 4 is 12.6 Å². The maximum Gasteiger partial charge on any atom is -0.000269 e. The lowest BCUT2D eigenvalue weighted by Gasteiger charge is -2.15. The lowest BCUT2D eigenvalue weighted by Crippen LogP contribution is -2.03. The minimum Gasteiger partial charge on any atom is -0.144 e. The van der Waals surface area contributed by atoms with Gasteiger partial charge in [-0.1, -0.05) is 87.8 Å². The molecule has 1 saturated carbocycles. The van der Waals surface area contributed by atoms with E-state index in [1.165, 1.54) is 41.5 Å². The van der Waals surface area contributed by atoms with Gasteiger partial charge >= 0.3 is 0 Å². The monoisotopic (exact) mass is 396 g/mol. The van der Waals surface area contributed by atoms with Gasteiger partial charge in [-0.3, -0.25) is 0 Å². The van der Waals surface area contributed by atoms with Gasteiger partial charge in [0.25, 0.3) is 0 Å². The van der Waals surface area contributed by atoms with Gasteiger partial charge in [0.15, 0.2) is 0 Å². The van der Waals surface area contributed by atoms with E-state index in [2.05, 4.69) is 77.8 Å². The van der Waals surface area contributed by atoms with Crippen LogP contribution in [0.5, 0.6) is 0 Å². The second-order valence-corrected chi connectivity index (χ2v) is 8.85. The maximum atomic E-state index is 4.37. The molecule has 0 bridgehead atoms. The van der Waals surface area contributed by atoms with Crippen LogP contribution in [0.15, 0.2) is 65.6 Å². The molecule has 0 heterocycles. The molecule has 1 aliphatic carbocycles. The summed E-state index contributed by atoms with van der Waals surface area (Å²) in [6, 6.07) is 6.92. The van der Waals surface area contributed by atoms with Crippen molar-refractivity contribution in [2.45, 2.75) is 73.1 Å². The second-order valence-electron chi connectivity index (χ2n) is 8.33. The molecule has 0 nitrogen and oxygen atoms in total. The van der Waals surface area contributed by atoms with Crippen LogP contribution in [0, 0.1) is 18.8 Å². The molecular weight excluding hydrogens is 356 g/mol. The molecule has 0 spiro atoms. The van der Waals surface area contributed by atoms with Crippen LogP contribution in [-0.2, 0) is 12.8 Å². The van der Waals surface area contributed by atoms with Gasteiger partial charge in [0, 0.05) is 0 Å². The molecule has 0 aliphatic heterocycles. The highest BCUT2D eigenvalue weighted by atomic mass is 32.1. The van der Waals surface area contributed by atoms with Crippen molar-refractivity contribution in [1.82, 2.24) is 0 Å². The first kappa shape index (κ1) is 24.6. The number of thiol groups is 1. The number of aryl methyl sites for hydroxylation is 2. The molecule has 2 rings (SSSR count). The van der Waals surface area contributed by atoms with Gasteiger partial charge in [-0.2, -0.15) is 0 Å². The molecule has 1 aliphatic rings. The van der Waals surface area contributed by atoms with Crippen LogP contribution < -0.4 is 0 Å². The van der Waals surface area contributed by atoms with Crippen LogP contribution in [0.2, 0.25) is 0 Å². The molecular formula is C27H40S. The fourth-order valence-electron chi connectivity index (χ4n) is 2.70. The van der Waals surface area contributed by atoms with E-state index in [-0.39, 0.29) is 0 Å². The van der Waals surface area contributed by atoms with Crippen molar-refractivity contribution in [3.05, 3.63) is 82.3 Å². The summed E-state index contributed by atoms with van der Waals surface area (Å²) >= 11 is 4.37. The van der Waals surface area contributed by atoms with E-state index in [9.17, 15) is 0 Å². The quantitative estimate of drug-likeness (QED) is 0.242. The zero-order chi connectivity index (χ0) is 21.1. The molecule has 1 aromatic rings. The van der Waals surface area contributed by atoms with Crippen molar-refractivity contribution in [3.8, 4) is 0 Å². The first-order chi connectivity index (χ1) is 13.2. The fraction of sp³-hybridized carbons (Fsp3) is 0.481. The second kappa shape index (κ2) is 12.9. The molecule has 1 heteroatoms. The minimum absolute atomic E-state index is 0.469. The van der Waals surface area contributed by atoms with E-state index in [4.69, 9.17) is 0 Å². The summed E-state index contributed by atoms with van der Waals surface area (Å²) in [5, 5.41) is 0. The molecule has 154 valence electrons. The Hall–Kier alpha value is -1.47. The predicted octanol–water partition coefficient (Wildman–Crippen LogP) is 8.43. The highest BCUT2D eigenvalue weighted by Crippen LogP contribution is 2.22. The van der Waals surface area contributed by atoms with E-state index in [0.717, 1.165) is 29.7 Å². The first-order valence-corrected chi connectivity index (χ1v) is 11.1. The number of benzene rings is 1. The Bertz CT molecular complexity index is 700. The summed E-state index contributed by atoms with van der Waals surface area (Å²) in [6.07, 6.45) is 13.9. The highest BCUT2D eigenvalue weighted by molar-refractivity contribution is 7.84. The molecule has 2 unspecified atom stereocenters. The van der Waals surface area contributed by atoms with Crippen molar-refractivity contribution in [2.75, 3.05) is 0 Å². The Kier molecular flexibility index (Phi) is 11.3. The van der Waals surface area contributed by atoms with Gasteiger partial charge in [0.1, 0.15) is 0 Å². The van der Waals surface area contributed by atoms with Crippen LogP contribution in [0.3, 0.4) is 0 Å². The van der Waals surface area contributed by atoms with Gasteiger partial charge in [0.05, 0.1) is 0 Å². The molecule has 0 amide bonds. The van der Waals surface area contributed by atoms with Crippen LogP contribution in [0.25, 0.3) is 0 Å². The Labute approximate surface area is 179 Å². The Morgan fingerprint density at radius 3 is 2.25 bits per heavy atom. The Morgan fingerprint density at radius 1 is 1.11 bits per heavy atom. The van der Waals surface area contributed by atoms with Gasteiger partial charge < -0.3 is 0 Å². The molecule has 1 fully saturated rings. The molecule has 0 aromatic heterocycles. The van der Waals surface area contributed by atoms with Crippen molar-refractivity contribution in [2.24, 2.45) is 11.8 Å². The van der Waals surface area contributed by atoms with Crippen LogP contribution >= 0.6 is 12.6 Å². The number of hydrogen-bond donors (Lipinski definition) is 1. The zero-order valence-corrected chi connectivity index (χ0v) is 19.6. The molecule has 1 aromatic carbocycles. The van der Waals surface area contributed by atoms with Crippen molar-refractivity contribution in [3.63, 3.8) is 0 Å². The van der Waals surface area contributed by atoms with Crippen LogP contribution in [-0.4, -0.2) is 0 Å². The smallest absolute Gasteiger partial charge is 0.000269 e. The van der Waals surface area contributed by atoms with E-state index >= 15 is 0 Å². The van der Waals surface area contributed by atoms with E-state index in [1.807, 2.05) is 19.1 Å². The van der Waals surface area contributed by atoms with Crippen LogP contribution in [0.4, 0.5) is 0 Å². The lowest BCUT2D eigenvalue weighted by atomic mass is 9.90. The van der Waals surface area contributed by atoms with E-state index in [0.29, 0.717) is 11.8 Å². The van der Waals surface area contributed by atoms with Gasteiger partial charge in [-0.15, -0.1) is 12.6 Å². The third-order valence-corrected chi connectivity index (χ3v) is 5.79. The van der Waals surface area contributed by atoms with Crippen LogP contribution in [0.1, 0.15) is 70.1 Å². The summed E-state index contributed by atoms with van der Waals surface area (Å²) in [7, 11) is 0. The van der Waals surface area contributed by atoms with Crippen molar-refractivity contribution in [1.29, 1.82) is 0 Å². The number of allylic oxidation sites excluding steroid dienone is 5. The zero-order valence-electron chi connectivity index (χ0n) is 18.7. The van der Waals surface area contributed by atoms with Gasteiger partial charge in [0.2, 0.25) is 0 Å². The summed E-state index contributed by atoms with van der Waals surface area (Å²) in [4.78, 5) is 0.976. The fourth-order valence-corrected chi connectivity index (χ4v) is 2.78. The Morgan fingerprint density at radius 2 is 1.75 bits per heavy atom. The third-order valence-electron chi connectivity index (χ3n) is 5.39. The number of hydrogen-bond acceptors (Lipinski definition) is 1. The Balaban J connectivity index is 0.00000118. The molecule has 0 saturated heterocycles. The molecule has 28 heavy (non-hydrogen) atoms. The summed E-state index contributed by atoms with van der Waals surface area (Å²) in [5.74, 6) is 1.01. The summed E-state index contributed by atoms with van der Waals surface area (Å²) in [5.41, 5.74) is 6.66. The molecule has 2 atom stereocenters. The standard InChI is InChI=1S/C24H34S.C3H6/c1-8-24(25)14-10-19(5)18(4)9-12-23-13-11-22(16-21(23)7)15-20(6)17(2)3;1-2-3-1/h8,10-11,13-14,16,18,20,25H,2,5,9,12,15H2,1,3-4,6-7H3;1-3H2/b14-10-,24-8+;. The average Bonchev–Trinajstić information content (AvgIpc) is 3.53. The third kappa shape index (κ3) is 10.2. The molecule has 0 radical (unpaired) electrons. The largest absolute Gasteiger partial charge is 0.144 e. The molecule has 0 N–H and O–H groups in total. The lowest BCUT2D eigenvalue weighted by molar-refractivity contribution is 0.625. The van der Waals surface area contributed by atoms with Gasteiger partial charge in [-0.25, -0.2) is 0 Å². The van der Waals surface area contributed by atoms with Gasteiger partial charge in [-0.05, 0) is 79.5 Å². The minimum atomic E-state index is 0.469. The first-order valence-electron chi connectivity index (χ1n) is 10.7. The normalized spacial score (nSPS) is 15.6. The summed E-state index contributed by atoms with van der Waals surface area (Å²) in [6.45, 7) is 19.1. The predicted molar refractivity (Wildman–Crippen MR) is 131 cm³/mol. The topological polar surface area (TPSA) is 0 Å². The average molecular weight is 397 g/mol. The SMILES string of the molecule is C1CC1.C=C(C)C(C)Cc1ccc(CCC(C)C(=C)/C=C\C(S)=C/C)c(C)c1. The maximum absolute atomic E-state index is 4.37. The summed E-state index contributed by atoms with van der Waals surface area (Å²) < 4.78 is 0. The highest BCUT2D eigenvalue weighted by Gasteiger charge is 2.09. The number of rotatable bonds is 9. The van der Waals surface area contributed by atoms with Crippen molar-refractivity contribution < 1.29 is 0 Å². The van der Waals surface area contributed by atoms with E-state index in [1.54, 1.807) is 0 Å². The van der Waals surface area contributed by atoms with E-state index < -0.39 is 0 Å².